The molecule has 1 aromatic carbocycles. The van der Waals surface area contributed by atoms with E-state index < -0.39 is 0 Å². The minimum Gasteiger partial charge on any atom is -0.295 e. The summed E-state index contributed by atoms with van der Waals surface area (Å²) in [7, 11) is 0. The van der Waals surface area contributed by atoms with Gasteiger partial charge in [0.15, 0.2) is 5.78 Å². The molecule has 15 heavy (non-hydrogen) atoms. The van der Waals surface area contributed by atoms with Crippen molar-refractivity contribution in [2.45, 2.75) is 48.5 Å². The number of carbonyl (C=O) groups excluding carboxylic acids is 1. The van der Waals surface area contributed by atoms with Gasteiger partial charge in [0.1, 0.15) is 0 Å². The van der Waals surface area contributed by atoms with E-state index in [0.717, 1.165) is 11.1 Å². The third-order valence-electron chi connectivity index (χ3n) is 1.98. The molecule has 0 amide bonds. The molecule has 0 heterocycles. The Labute approximate surface area is 94.5 Å². The van der Waals surface area contributed by atoms with Crippen LogP contribution in [0.15, 0.2) is 18.2 Å². The highest BCUT2D eigenvalue weighted by atomic mass is 16.1. The van der Waals surface area contributed by atoms with E-state index in [-0.39, 0.29) is 5.78 Å². The Morgan fingerprint density at radius 1 is 1.00 bits per heavy atom. The van der Waals surface area contributed by atoms with E-state index in [0.29, 0.717) is 0 Å². The summed E-state index contributed by atoms with van der Waals surface area (Å²) in [5, 5.41) is 0. The summed E-state index contributed by atoms with van der Waals surface area (Å²) >= 11 is 0. The van der Waals surface area contributed by atoms with Crippen molar-refractivity contribution in [2.24, 2.45) is 0 Å². The predicted molar refractivity (Wildman–Crippen MR) is 68.6 cm³/mol. The summed E-state index contributed by atoms with van der Waals surface area (Å²) in [5.74, 6) is 0.145. The fraction of sp³-hybridized carbons (Fsp3) is 0.500. The number of benzene rings is 1. The molecule has 0 radical (unpaired) electrons. The fourth-order valence-electron chi connectivity index (χ4n) is 1.13. The van der Waals surface area contributed by atoms with Crippen LogP contribution in [0.3, 0.4) is 0 Å². The molecule has 0 aliphatic rings. The van der Waals surface area contributed by atoms with Gasteiger partial charge in [-0.25, -0.2) is 0 Å². The van der Waals surface area contributed by atoms with Crippen molar-refractivity contribution in [3.05, 3.63) is 34.9 Å². The molecular weight excluding hydrogens is 184 g/mol. The first-order valence-corrected chi connectivity index (χ1v) is 5.70. The maximum atomic E-state index is 11.0. The summed E-state index contributed by atoms with van der Waals surface area (Å²) in [6, 6.07) is 5.80. The van der Waals surface area contributed by atoms with Gasteiger partial charge in [-0.3, -0.25) is 4.79 Å². The molecule has 0 atom stereocenters. The first-order valence-electron chi connectivity index (χ1n) is 5.70. The predicted octanol–water partition coefficient (Wildman–Crippen LogP) is 4.56. The average molecular weight is 208 g/mol. The van der Waals surface area contributed by atoms with E-state index in [1.807, 2.05) is 59.7 Å². The Kier molecular flexibility index (Phi) is 10.3. The van der Waals surface area contributed by atoms with Crippen LogP contribution in [0.25, 0.3) is 0 Å². The molecule has 1 nitrogen and oxygen atoms in total. The molecule has 0 N–H and O–H groups in total. The lowest BCUT2D eigenvalue weighted by Crippen LogP contribution is -1.96. The van der Waals surface area contributed by atoms with Crippen molar-refractivity contribution >= 4 is 5.78 Å². The van der Waals surface area contributed by atoms with Gasteiger partial charge in [-0.2, -0.15) is 0 Å². The number of carbonyl (C=O) groups is 1. The number of Topliss-reactive ketones (excluding diaryl/α,β-unsaturated/α-hetero) is 1. The molecule has 0 fully saturated rings. The molecule has 0 saturated carbocycles. The zero-order valence-corrected chi connectivity index (χ0v) is 11.1. The van der Waals surface area contributed by atoms with Crippen molar-refractivity contribution in [3.8, 4) is 0 Å². The third kappa shape index (κ3) is 5.36. The zero-order chi connectivity index (χ0) is 12.4. The van der Waals surface area contributed by atoms with Gasteiger partial charge in [0, 0.05) is 5.56 Å². The molecule has 0 bridgehead atoms. The fourth-order valence-corrected chi connectivity index (χ4v) is 1.13. The monoisotopic (exact) mass is 208 g/mol. The van der Waals surface area contributed by atoms with Gasteiger partial charge in [0.25, 0.3) is 0 Å². The lowest BCUT2D eigenvalue weighted by atomic mass is 10.0. The van der Waals surface area contributed by atoms with E-state index >= 15 is 0 Å². The van der Waals surface area contributed by atoms with Crippen molar-refractivity contribution in [3.63, 3.8) is 0 Å². The number of ketones is 1. The third-order valence-corrected chi connectivity index (χ3v) is 1.98. The maximum absolute atomic E-state index is 11.0. The molecule has 0 spiro atoms. The van der Waals surface area contributed by atoms with Crippen molar-refractivity contribution in [1.82, 2.24) is 0 Å². The molecule has 0 unspecified atom stereocenters. The smallest absolute Gasteiger partial charge is 0.160 e. The van der Waals surface area contributed by atoms with Crippen LogP contribution < -0.4 is 0 Å². The Balaban J connectivity index is 0. The minimum atomic E-state index is 0.145. The van der Waals surface area contributed by atoms with Gasteiger partial charge in [0.05, 0.1) is 0 Å². The largest absolute Gasteiger partial charge is 0.295 e. The molecule has 0 aromatic heterocycles. The Morgan fingerprint density at radius 2 is 1.47 bits per heavy atom. The molecule has 86 valence electrons. The second-order valence-electron chi connectivity index (χ2n) is 2.80. The summed E-state index contributed by atoms with van der Waals surface area (Å²) < 4.78 is 0. The number of aryl methyl sites for hydroxylation is 1. The molecule has 1 rings (SSSR count). The number of hydrogen-bond acceptors (Lipinski definition) is 1. The SMILES string of the molecule is CC.CC.CC(=O)c1cccc(C)c1C. The Bertz CT molecular complexity index is 287. The van der Waals surface area contributed by atoms with Gasteiger partial charge in [-0.05, 0) is 31.9 Å². The minimum absolute atomic E-state index is 0.145. The van der Waals surface area contributed by atoms with E-state index in [1.165, 1.54) is 5.56 Å². The highest BCUT2D eigenvalue weighted by molar-refractivity contribution is 5.95. The Hall–Kier alpha value is -1.11. The highest BCUT2D eigenvalue weighted by Crippen LogP contribution is 2.12. The molecule has 1 heteroatoms. The summed E-state index contributed by atoms with van der Waals surface area (Å²) in [4.78, 5) is 11.0. The van der Waals surface area contributed by atoms with Gasteiger partial charge in [0.2, 0.25) is 0 Å². The van der Waals surface area contributed by atoms with Gasteiger partial charge in [-0.15, -0.1) is 0 Å². The Morgan fingerprint density at radius 3 is 1.80 bits per heavy atom. The van der Waals surface area contributed by atoms with Crippen molar-refractivity contribution in [2.75, 3.05) is 0 Å². The second-order valence-corrected chi connectivity index (χ2v) is 2.80. The molecule has 0 saturated heterocycles. The van der Waals surface area contributed by atoms with Gasteiger partial charge < -0.3 is 0 Å². The maximum Gasteiger partial charge on any atom is 0.160 e. The van der Waals surface area contributed by atoms with Crippen LogP contribution in [0.2, 0.25) is 0 Å². The first-order chi connectivity index (χ1) is 7.13. The quantitative estimate of drug-likeness (QED) is 0.618. The summed E-state index contributed by atoms with van der Waals surface area (Å²) in [6.07, 6.45) is 0. The van der Waals surface area contributed by atoms with E-state index in [9.17, 15) is 4.79 Å². The van der Waals surface area contributed by atoms with E-state index in [4.69, 9.17) is 0 Å². The lowest BCUT2D eigenvalue weighted by molar-refractivity contribution is 0.101. The molecule has 1 aromatic rings. The van der Waals surface area contributed by atoms with Crippen LogP contribution >= 0.6 is 0 Å². The first kappa shape index (κ1) is 16.3. The van der Waals surface area contributed by atoms with Crippen LogP contribution in [0.5, 0.6) is 0 Å². The standard InChI is InChI=1S/C10H12O.2C2H6/c1-7-5-4-6-10(8(7)2)9(3)11;2*1-2/h4-6H,1-3H3;2*1-2H3. The molecule has 0 aliphatic heterocycles. The number of hydrogen-bond donors (Lipinski definition) is 0. The molecular formula is C14H24O. The van der Waals surface area contributed by atoms with Crippen LogP contribution in [-0.2, 0) is 0 Å². The zero-order valence-electron chi connectivity index (χ0n) is 11.1. The van der Waals surface area contributed by atoms with Crippen molar-refractivity contribution in [1.29, 1.82) is 0 Å². The van der Waals surface area contributed by atoms with Gasteiger partial charge >= 0.3 is 0 Å². The van der Waals surface area contributed by atoms with Crippen LogP contribution in [0.4, 0.5) is 0 Å². The van der Waals surface area contributed by atoms with Crippen LogP contribution in [0, 0.1) is 13.8 Å². The normalized spacial score (nSPS) is 7.93. The summed E-state index contributed by atoms with van der Waals surface area (Å²) in [6.45, 7) is 13.6. The van der Waals surface area contributed by atoms with E-state index in [2.05, 4.69) is 0 Å². The van der Waals surface area contributed by atoms with Crippen molar-refractivity contribution < 1.29 is 4.79 Å². The van der Waals surface area contributed by atoms with Crippen LogP contribution in [0.1, 0.15) is 56.1 Å². The molecule has 0 aliphatic carbocycles. The van der Waals surface area contributed by atoms with E-state index in [1.54, 1.807) is 6.92 Å². The van der Waals surface area contributed by atoms with Gasteiger partial charge in [-0.1, -0.05) is 45.9 Å². The summed E-state index contributed by atoms with van der Waals surface area (Å²) in [5.41, 5.74) is 3.11. The average Bonchev–Trinajstić information content (AvgIpc) is 2.27. The number of rotatable bonds is 1. The second kappa shape index (κ2) is 9.45. The highest BCUT2D eigenvalue weighted by Gasteiger charge is 2.03. The topological polar surface area (TPSA) is 17.1 Å². The van der Waals surface area contributed by atoms with Crippen LogP contribution in [-0.4, -0.2) is 5.78 Å². The lowest BCUT2D eigenvalue weighted by Gasteiger charge is -2.03.